The standard InChI is InChI=1S/C10H13BrN2O3S/c1-6(2)7(11)5-12-10(14)8-3-4-9(17-8)13(15)16/h3-4,6-7H,5H2,1-2H3,(H,12,14). The van der Waals surface area contributed by atoms with Gasteiger partial charge in [0, 0.05) is 17.4 Å². The lowest BCUT2D eigenvalue weighted by Crippen LogP contribution is -2.31. The third-order valence-corrected chi connectivity index (χ3v) is 4.59. The monoisotopic (exact) mass is 320 g/mol. The van der Waals surface area contributed by atoms with Crippen molar-refractivity contribution in [1.82, 2.24) is 5.32 Å². The van der Waals surface area contributed by atoms with Crippen molar-refractivity contribution in [1.29, 1.82) is 0 Å². The molecular weight excluding hydrogens is 308 g/mol. The Morgan fingerprint density at radius 2 is 2.24 bits per heavy atom. The molecule has 0 aliphatic heterocycles. The van der Waals surface area contributed by atoms with Gasteiger partial charge in [-0.2, -0.15) is 0 Å². The Bertz CT molecular complexity index is 419. The van der Waals surface area contributed by atoms with E-state index in [4.69, 9.17) is 0 Å². The van der Waals surface area contributed by atoms with E-state index in [1.165, 1.54) is 12.1 Å². The topological polar surface area (TPSA) is 72.2 Å². The number of hydrogen-bond donors (Lipinski definition) is 1. The van der Waals surface area contributed by atoms with Crippen molar-refractivity contribution in [2.45, 2.75) is 18.7 Å². The van der Waals surface area contributed by atoms with Gasteiger partial charge in [0.25, 0.3) is 5.91 Å². The number of thiophene rings is 1. The lowest BCUT2D eigenvalue weighted by molar-refractivity contribution is -0.380. The van der Waals surface area contributed by atoms with Crippen molar-refractivity contribution in [2.24, 2.45) is 5.92 Å². The molecule has 1 heterocycles. The van der Waals surface area contributed by atoms with Gasteiger partial charge in [0.2, 0.25) is 0 Å². The fourth-order valence-electron chi connectivity index (χ4n) is 1.06. The second-order valence-corrected chi connectivity index (χ2v) is 6.10. The molecule has 0 aliphatic rings. The van der Waals surface area contributed by atoms with Gasteiger partial charge in [-0.25, -0.2) is 0 Å². The molecule has 1 atom stereocenters. The minimum absolute atomic E-state index is 0.0191. The van der Waals surface area contributed by atoms with Crippen molar-refractivity contribution in [2.75, 3.05) is 6.54 Å². The molecule has 17 heavy (non-hydrogen) atoms. The third kappa shape index (κ3) is 4.08. The van der Waals surface area contributed by atoms with Crippen LogP contribution in [0, 0.1) is 16.0 Å². The number of amides is 1. The number of carbonyl (C=O) groups is 1. The van der Waals surface area contributed by atoms with Crippen LogP contribution in [0.3, 0.4) is 0 Å². The zero-order valence-corrected chi connectivity index (χ0v) is 11.9. The molecule has 0 saturated heterocycles. The maximum absolute atomic E-state index is 11.7. The lowest BCUT2D eigenvalue weighted by Gasteiger charge is -2.13. The van der Waals surface area contributed by atoms with Gasteiger partial charge in [0.15, 0.2) is 0 Å². The molecule has 1 N–H and O–H groups in total. The first-order valence-electron chi connectivity index (χ1n) is 5.08. The van der Waals surface area contributed by atoms with Gasteiger partial charge in [0.05, 0.1) is 9.80 Å². The molecule has 0 aromatic carbocycles. The molecule has 7 heteroatoms. The molecule has 1 rings (SSSR count). The number of nitro groups is 1. The fraction of sp³-hybridized carbons (Fsp3) is 0.500. The van der Waals surface area contributed by atoms with E-state index in [0.29, 0.717) is 17.3 Å². The average Bonchev–Trinajstić information content (AvgIpc) is 2.74. The number of nitrogens with zero attached hydrogens (tertiary/aromatic N) is 1. The molecule has 0 saturated carbocycles. The molecule has 0 fully saturated rings. The smallest absolute Gasteiger partial charge is 0.324 e. The van der Waals surface area contributed by atoms with E-state index in [9.17, 15) is 14.9 Å². The van der Waals surface area contributed by atoms with Crippen LogP contribution in [-0.2, 0) is 0 Å². The molecule has 0 bridgehead atoms. The van der Waals surface area contributed by atoms with Crippen LogP contribution in [-0.4, -0.2) is 22.2 Å². The Morgan fingerprint density at radius 1 is 1.59 bits per heavy atom. The SMILES string of the molecule is CC(C)C(Br)CNC(=O)c1ccc([N+](=O)[O-])s1. The first kappa shape index (κ1) is 14.1. The molecule has 1 aromatic heterocycles. The van der Waals surface area contributed by atoms with Crippen LogP contribution in [0.1, 0.15) is 23.5 Å². The van der Waals surface area contributed by atoms with Crippen LogP contribution in [0.15, 0.2) is 12.1 Å². The summed E-state index contributed by atoms with van der Waals surface area (Å²) < 4.78 is 0. The van der Waals surface area contributed by atoms with E-state index in [1.54, 1.807) is 0 Å². The highest BCUT2D eigenvalue weighted by molar-refractivity contribution is 9.09. The largest absolute Gasteiger partial charge is 0.350 e. The van der Waals surface area contributed by atoms with Crippen LogP contribution in [0.25, 0.3) is 0 Å². The highest BCUT2D eigenvalue weighted by Crippen LogP contribution is 2.23. The molecular formula is C10H13BrN2O3S. The maximum Gasteiger partial charge on any atom is 0.324 e. The summed E-state index contributed by atoms with van der Waals surface area (Å²) in [4.78, 5) is 22.2. The summed E-state index contributed by atoms with van der Waals surface area (Å²) in [5, 5.41) is 13.2. The zero-order chi connectivity index (χ0) is 13.0. The second kappa shape index (κ2) is 6.11. The lowest BCUT2D eigenvalue weighted by atomic mass is 10.1. The molecule has 0 spiro atoms. The normalized spacial score (nSPS) is 12.5. The van der Waals surface area contributed by atoms with E-state index < -0.39 is 4.92 Å². The zero-order valence-electron chi connectivity index (χ0n) is 9.47. The molecule has 94 valence electrons. The molecule has 1 aromatic rings. The van der Waals surface area contributed by atoms with Gasteiger partial charge in [-0.1, -0.05) is 41.1 Å². The van der Waals surface area contributed by atoms with Gasteiger partial charge in [-0.3, -0.25) is 14.9 Å². The van der Waals surface area contributed by atoms with Crippen LogP contribution >= 0.6 is 27.3 Å². The molecule has 1 unspecified atom stereocenters. The van der Waals surface area contributed by atoms with Crippen molar-refractivity contribution in [3.63, 3.8) is 0 Å². The van der Waals surface area contributed by atoms with Crippen molar-refractivity contribution in [3.05, 3.63) is 27.1 Å². The Balaban J connectivity index is 2.55. The summed E-state index contributed by atoms with van der Waals surface area (Å²) in [7, 11) is 0. The average molecular weight is 321 g/mol. The third-order valence-electron chi connectivity index (χ3n) is 2.18. The number of halogens is 1. The minimum Gasteiger partial charge on any atom is -0.350 e. The van der Waals surface area contributed by atoms with E-state index >= 15 is 0 Å². The van der Waals surface area contributed by atoms with E-state index in [1.807, 2.05) is 13.8 Å². The minimum atomic E-state index is -0.497. The maximum atomic E-state index is 11.7. The van der Waals surface area contributed by atoms with Gasteiger partial charge in [-0.05, 0) is 12.0 Å². The van der Waals surface area contributed by atoms with Gasteiger partial charge < -0.3 is 5.32 Å². The summed E-state index contributed by atoms with van der Waals surface area (Å²) in [6.07, 6.45) is 0. The summed E-state index contributed by atoms with van der Waals surface area (Å²) in [6.45, 7) is 4.59. The first-order valence-corrected chi connectivity index (χ1v) is 6.81. The predicted molar refractivity (Wildman–Crippen MR) is 70.9 cm³/mol. The Hall–Kier alpha value is -0.950. The molecule has 0 aliphatic carbocycles. The van der Waals surface area contributed by atoms with Crippen LogP contribution in [0.4, 0.5) is 5.00 Å². The van der Waals surface area contributed by atoms with E-state index in [2.05, 4.69) is 21.2 Å². The van der Waals surface area contributed by atoms with Crippen LogP contribution in [0.5, 0.6) is 0 Å². The van der Waals surface area contributed by atoms with Crippen LogP contribution in [0.2, 0.25) is 0 Å². The summed E-state index contributed by atoms with van der Waals surface area (Å²) >= 11 is 4.33. The number of rotatable bonds is 5. The highest BCUT2D eigenvalue weighted by Gasteiger charge is 2.16. The van der Waals surface area contributed by atoms with Gasteiger partial charge in [-0.15, -0.1) is 0 Å². The highest BCUT2D eigenvalue weighted by atomic mass is 79.9. The van der Waals surface area contributed by atoms with E-state index in [0.717, 1.165) is 11.3 Å². The Morgan fingerprint density at radius 3 is 2.71 bits per heavy atom. The number of hydrogen-bond acceptors (Lipinski definition) is 4. The number of carbonyl (C=O) groups excluding carboxylic acids is 1. The summed E-state index contributed by atoms with van der Waals surface area (Å²) in [5.74, 6) is 0.140. The number of nitrogens with one attached hydrogen (secondary N) is 1. The van der Waals surface area contributed by atoms with Crippen molar-refractivity contribution < 1.29 is 9.72 Å². The number of alkyl halides is 1. The Labute approximate surface area is 111 Å². The van der Waals surface area contributed by atoms with E-state index in [-0.39, 0.29) is 15.7 Å². The van der Waals surface area contributed by atoms with Gasteiger partial charge >= 0.3 is 5.00 Å². The quantitative estimate of drug-likeness (QED) is 0.515. The second-order valence-electron chi connectivity index (χ2n) is 3.87. The van der Waals surface area contributed by atoms with Crippen molar-refractivity contribution in [3.8, 4) is 0 Å². The van der Waals surface area contributed by atoms with Gasteiger partial charge in [0.1, 0.15) is 0 Å². The van der Waals surface area contributed by atoms with Crippen molar-refractivity contribution >= 4 is 38.2 Å². The Kier molecular flexibility index (Phi) is 5.07. The van der Waals surface area contributed by atoms with Crippen LogP contribution < -0.4 is 5.32 Å². The predicted octanol–water partition coefficient (Wildman–Crippen LogP) is 2.81. The molecule has 0 radical (unpaired) electrons. The summed E-state index contributed by atoms with van der Waals surface area (Å²) in [5.41, 5.74) is 0. The summed E-state index contributed by atoms with van der Waals surface area (Å²) in [6, 6.07) is 2.81. The molecule has 5 nitrogen and oxygen atoms in total. The fourth-order valence-corrected chi connectivity index (χ4v) is 1.96. The first-order chi connectivity index (χ1) is 7.91. The molecule has 1 amide bonds.